The first-order valence-electron chi connectivity index (χ1n) is 5.06. The zero-order valence-corrected chi connectivity index (χ0v) is 13.3. The third kappa shape index (κ3) is 6.49. The third-order valence-corrected chi connectivity index (χ3v) is 3.07. The van der Waals surface area contributed by atoms with Crippen molar-refractivity contribution < 1.29 is 17.9 Å². The van der Waals surface area contributed by atoms with Crippen molar-refractivity contribution in [3.63, 3.8) is 0 Å². The Balaban J connectivity index is 0. The fourth-order valence-corrected chi connectivity index (χ4v) is 1.72. The molecular formula is C10H17Cl2N3O4S. The minimum Gasteiger partial charge on any atom is -0.383 e. The molecule has 0 aromatic carbocycles. The zero-order valence-electron chi connectivity index (χ0n) is 10.9. The van der Waals surface area contributed by atoms with Gasteiger partial charge in [-0.25, -0.2) is 13.4 Å². The Kier molecular flexibility index (Phi) is 9.71. The number of ether oxygens (including phenoxy) is 1. The third-order valence-electron chi connectivity index (χ3n) is 2.07. The number of methoxy groups -OCH3 is 1. The molecule has 7 nitrogen and oxygen atoms in total. The fourth-order valence-electron chi connectivity index (χ4n) is 1.16. The van der Waals surface area contributed by atoms with E-state index in [1.54, 1.807) is 0 Å². The Labute approximate surface area is 130 Å². The smallest absolute Gasteiger partial charge is 0.243 e. The van der Waals surface area contributed by atoms with Crippen molar-refractivity contribution in [1.82, 2.24) is 4.98 Å². The molecule has 0 radical (unpaired) electrons. The lowest BCUT2D eigenvalue weighted by molar-refractivity contribution is -0.118. The second-order valence-electron chi connectivity index (χ2n) is 3.71. The van der Waals surface area contributed by atoms with Gasteiger partial charge in [0.2, 0.25) is 5.91 Å². The standard InChI is InChI=1S/C10H15N3O4S.2ClH/c1-17-6-8(11)10(14)13-7-3-4-9(12-5-7)18(2,15)16;;/h3-5,8H,6,11H2,1-2H3,(H,13,14);2*1H. The van der Waals surface area contributed by atoms with E-state index in [1.165, 1.54) is 25.4 Å². The van der Waals surface area contributed by atoms with E-state index >= 15 is 0 Å². The lowest BCUT2D eigenvalue weighted by atomic mass is 10.3. The maximum Gasteiger partial charge on any atom is 0.243 e. The Hall–Kier alpha value is -0.930. The van der Waals surface area contributed by atoms with Crippen molar-refractivity contribution >= 4 is 46.2 Å². The summed E-state index contributed by atoms with van der Waals surface area (Å²) in [6.45, 7) is 0.0979. The van der Waals surface area contributed by atoms with Gasteiger partial charge in [0.05, 0.1) is 18.5 Å². The molecule has 1 heterocycles. The lowest BCUT2D eigenvalue weighted by Gasteiger charge is -2.10. The molecule has 0 bridgehead atoms. The molecule has 116 valence electrons. The molecule has 10 heteroatoms. The average molecular weight is 346 g/mol. The van der Waals surface area contributed by atoms with Crippen molar-refractivity contribution in [2.75, 3.05) is 25.3 Å². The lowest BCUT2D eigenvalue weighted by Crippen LogP contribution is -2.39. The van der Waals surface area contributed by atoms with E-state index in [0.29, 0.717) is 5.69 Å². The van der Waals surface area contributed by atoms with Gasteiger partial charge >= 0.3 is 0 Å². The highest BCUT2D eigenvalue weighted by molar-refractivity contribution is 7.90. The molecular weight excluding hydrogens is 329 g/mol. The first-order valence-corrected chi connectivity index (χ1v) is 6.95. The monoisotopic (exact) mass is 345 g/mol. The molecule has 0 saturated carbocycles. The minimum atomic E-state index is -3.34. The number of hydrogen-bond acceptors (Lipinski definition) is 6. The van der Waals surface area contributed by atoms with Crippen molar-refractivity contribution in [2.24, 2.45) is 5.73 Å². The van der Waals surface area contributed by atoms with Gasteiger partial charge in [0.25, 0.3) is 0 Å². The topological polar surface area (TPSA) is 111 Å². The number of nitrogens with one attached hydrogen (secondary N) is 1. The molecule has 1 aromatic rings. The van der Waals surface area contributed by atoms with Crippen molar-refractivity contribution in [3.05, 3.63) is 18.3 Å². The number of amides is 1. The summed E-state index contributed by atoms with van der Waals surface area (Å²) in [5.74, 6) is -0.425. The quantitative estimate of drug-likeness (QED) is 0.790. The predicted octanol–water partition coefficient (Wildman–Crippen LogP) is 0.241. The molecule has 0 aliphatic rings. The number of carbonyl (C=O) groups excluding carboxylic acids is 1. The van der Waals surface area contributed by atoms with E-state index < -0.39 is 21.8 Å². The Morgan fingerprint density at radius 1 is 1.45 bits per heavy atom. The van der Waals surface area contributed by atoms with Crippen LogP contribution in [0.3, 0.4) is 0 Å². The first-order chi connectivity index (χ1) is 8.34. The summed E-state index contributed by atoms with van der Waals surface area (Å²) < 4.78 is 27.1. The molecule has 1 atom stereocenters. The average Bonchev–Trinajstić information content (AvgIpc) is 2.28. The maximum absolute atomic E-state index is 11.5. The number of aromatic nitrogens is 1. The van der Waals surface area contributed by atoms with Crippen LogP contribution < -0.4 is 11.1 Å². The number of carbonyl (C=O) groups is 1. The molecule has 1 amide bonds. The van der Waals surface area contributed by atoms with Crippen LogP contribution >= 0.6 is 24.8 Å². The van der Waals surface area contributed by atoms with Crippen LogP contribution in [-0.4, -0.2) is 45.3 Å². The van der Waals surface area contributed by atoms with Crippen LogP contribution in [0.2, 0.25) is 0 Å². The molecule has 0 aliphatic heterocycles. The number of pyridine rings is 1. The van der Waals surface area contributed by atoms with Crippen LogP contribution in [0.5, 0.6) is 0 Å². The highest BCUT2D eigenvalue weighted by Crippen LogP contribution is 2.10. The van der Waals surface area contributed by atoms with Crippen LogP contribution in [0.25, 0.3) is 0 Å². The Morgan fingerprint density at radius 3 is 2.45 bits per heavy atom. The van der Waals surface area contributed by atoms with Gasteiger partial charge < -0.3 is 15.8 Å². The van der Waals surface area contributed by atoms with Gasteiger partial charge in [-0.1, -0.05) is 0 Å². The molecule has 0 aliphatic carbocycles. The van der Waals surface area contributed by atoms with Crippen LogP contribution in [-0.2, 0) is 19.4 Å². The number of nitrogens with zero attached hydrogens (tertiary/aromatic N) is 1. The van der Waals surface area contributed by atoms with E-state index in [0.717, 1.165) is 6.26 Å². The fraction of sp³-hybridized carbons (Fsp3) is 0.400. The minimum absolute atomic E-state index is 0. The van der Waals surface area contributed by atoms with Gasteiger partial charge in [-0.15, -0.1) is 24.8 Å². The molecule has 1 unspecified atom stereocenters. The summed E-state index contributed by atoms with van der Waals surface area (Å²) in [6.07, 6.45) is 2.32. The number of sulfone groups is 1. The molecule has 0 saturated heterocycles. The van der Waals surface area contributed by atoms with E-state index in [-0.39, 0.29) is 36.4 Å². The summed E-state index contributed by atoms with van der Waals surface area (Å²) in [7, 11) is -1.90. The molecule has 1 rings (SSSR count). The Morgan fingerprint density at radius 2 is 2.05 bits per heavy atom. The second-order valence-corrected chi connectivity index (χ2v) is 5.67. The largest absolute Gasteiger partial charge is 0.383 e. The highest BCUT2D eigenvalue weighted by atomic mass is 35.5. The van der Waals surface area contributed by atoms with E-state index in [9.17, 15) is 13.2 Å². The van der Waals surface area contributed by atoms with E-state index in [2.05, 4.69) is 10.3 Å². The van der Waals surface area contributed by atoms with Gasteiger partial charge in [0.15, 0.2) is 14.9 Å². The molecule has 1 aromatic heterocycles. The van der Waals surface area contributed by atoms with Gasteiger partial charge in [-0.3, -0.25) is 4.79 Å². The van der Waals surface area contributed by atoms with Gasteiger partial charge in [-0.05, 0) is 12.1 Å². The number of halogens is 2. The summed E-state index contributed by atoms with van der Waals surface area (Å²) in [4.78, 5) is 15.3. The normalized spacial score (nSPS) is 11.8. The number of hydrogen-bond donors (Lipinski definition) is 2. The SMILES string of the molecule is COCC(N)C(=O)Nc1ccc(S(C)(=O)=O)nc1.Cl.Cl. The van der Waals surface area contributed by atoms with Crippen LogP contribution in [0.1, 0.15) is 0 Å². The number of nitrogens with two attached hydrogens (primary N) is 1. The van der Waals surface area contributed by atoms with Gasteiger partial charge in [0.1, 0.15) is 6.04 Å². The van der Waals surface area contributed by atoms with Crippen LogP contribution in [0.4, 0.5) is 5.69 Å². The summed E-state index contributed by atoms with van der Waals surface area (Å²) in [5.41, 5.74) is 5.90. The van der Waals surface area contributed by atoms with Crippen LogP contribution in [0, 0.1) is 0 Å². The molecule has 3 N–H and O–H groups in total. The van der Waals surface area contributed by atoms with E-state index in [4.69, 9.17) is 10.5 Å². The highest BCUT2D eigenvalue weighted by Gasteiger charge is 2.14. The van der Waals surface area contributed by atoms with Crippen molar-refractivity contribution in [3.8, 4) is 0 Å². The van der Waals surface area contributed by atoms with Crippen LogP contribution in [0.15, 0.2) is 23.4 Å². The second kappa shape index (κ2) is 9.09. The summed E-state index contributed by atoms with van der Waals surface area (Å²) in [5, 5.41) is 2.45. The molecule has 0 spiro atoms. The van der Waals surface area contributed by atoms with Gasteiger partial charge in [0, 0.05) is 13.4 Å². The van der Waals surface area contributed by atoms with E-state index in [1.807, 2.05) is 0 Å². The Bertz CT molecular complexity index is 522. The zero-order chi connectivity index (χ0) is 13.8. The number of rotatable bonds is 5. The predicted molar refractivity (Wildman–Crippen MR) is 80.3 cm³/mol. The maximum atomic E-state index is 11.5. The molecule has 0 fully saturated rings. The molecule has 20 heavy (non-hydrogen) atoms. The summed E-state index contributed by atoms with van der Waals surface area (Å²) in [6, 6.07) is 1.97. The summed E-state index contributed by atoms with van der Waals surface area (Å²) >= 11 is 0. The first kappa shape index (κ1) is 21.4. The number of anilines is 1. The van der Waals surface area contributed by atoms with Gasteiger partial charge in [-0.2, -0.15) is 0 Å². The van der Waals surface area contributed by atoms with Crippen molar-refractivity contribution in [1.29, 1.82) is 0 Å². The van der Waals surface area contributed by atoms with Crippen molar-refractivity contribution in [2.45, 2.75) is 11.1 Å².